The SMILES string of the molecule is CC(=O)Nc1cccc2c(Oc3cc(NC(=O)c4ccc(Cl)c(C(F)(F)F)c4)ccc3C)ccnc12. The summed E-state index contributed by atoms with van der Waals surface area (Å²) in [6, 6.07) is 14.8. The molecule has 10 heteroatoms. The summed E-state index contributed by atoms with van der Waals surface area (Å²) < 4.78 is 45.6. The highest BCUT2D eigenvalue weighted by Gasteiger charge is 2.33. The standard InChI is InChI=1S/C26H19ClF3N3O3/c1-14-6-8-17(33-25(35)16-7-9-20(27)19(12-16)26(28,29)30)13-23(14)36-22-10-11-31-24-18(22)4-3-5-21(24)32-15(2)34/h3-13H,1-2H3,(H,32,34)(H,33,35). The molecule has 36 heavy (non-hydrogen) atoms. The largest absolute Gasteiger partial charge is 0.456 e. The molecule has 1 heterocycles. The molecule has 2 N–H and O–H groups in total. The summed E-state index contributed by atoms with van der Waals surface area (Å²) in [4.78, 5) is 28.5. The van der Waals surface area contributed by atoms with Crippen molar-refractivity contribution in [2.24, 2.45) is 0 Å². The lowest BCUT2D eigenvalue weighted by Gasteiger charge is -2.14. The molecule has 0 aliphatic heterocycles. The second-order valence-corrected chi connectivity index (χ2v) is 8.33. The third-order valence-electron chi connectivity index (χ3n) is 5.24. The average molecular weight is 514 g/mol. The zero-order valence-electron chi connectivity index (χ0n) is 19.0. The number of pyridine rings is 1. The molecule has 1 aromatic heterocycles. The Morgan fingerprint density at radius 1 is 0.972 bits per heavy atom. The predicted octanol–water partition coefficient (Wildman–Crippen LogP) is 7.22. The third-order valence-corrected chi connectivity index (χ3v) is 5.57. The fourth-order valence-corrected chi connectivity index (χ4v) is 3.75. The van der Waals surface area contributed by atoms with Gasteiger partial charge in [0.05, 0.1) is 21.8 Å². The van der Waals surface area contributed by atoms with Crippen molar-refractivity contribution < 1.29 is 27.5 Å². The van der Waals surface area contributed by atoms with Crippen LogP contribution in [0.5, 0.6) is 11.5 Å². The molecule has 4 aromatic rings. The Labute approximate surface area is 209 Å². The number of anilines is 2. The number of ether oxygens (including phenoxy) is 1. The number of alkyl halides is 3. The fraction of sp³-hybridized carbons (Fsp3) is 0.115. The number of rotatable bonds is 5. The molecule has 0 saturated carbocycles. The number of nitrogens with one attached hydrogen (secondary N) is 2. The fourth-order valence-electron chi connectivity index (χ4n) is 3.52. The van der Waals surface area contributed by atoms with Crippen molar-refractivity contribution in [1.82, 2.24) is 4.98 Å². The van der Waals surface area contributed by atoms with E-state index in [0.717, 1.165) is 11.6 Å². The van der Waals surface area contributed by atoms with Crippen LogP contribution in [-0.4, -0.2) is 16.8 Å². The van der Waals surface area contributed by atoms with Gasteiger partial charge in [0.2, 0.25) is 5.91 Å². The first-order valence-electron chi connectivity index (χ1n) is 10.6. The van der Waals surface area contributed by atoms with Crippen LogP contribution in [0, 0.1) is 6.92 Å². The van der Waals surface area contributed by atoms with Gasteiger partial charge in [-0.05, 0) is 55.0 Å². The van der Waals surface area contributed by atoms with Crippen LogP contribution in [0.4, 0.5) is 24.5 Å². The second kappa shape index (κ2) is 9.87. The third kappa shape index (κ3) is 5.41. The Bertz CT molecular complexity index is 1490. The van der Waals surface area contributed by atoms with Gasteiger partial charge in [-0.3, -0.25) is 14.6 Å². The van der Waals surface area contributed by atoms with Gasteiger partial charge in [0.25, 0.3) is 5.91 Å². The summed E-state index contributed by atoms with van der Waals surface area (Å²) in [6.45, 7) is 3.21. The highest BCUT2D eigenvalue weighted by molar-refractivity contribution is 6.31. The minimum absolute atomic E-state index is 0.194. The van der Waals surface area contributed by atoms with Gasteiger partial charge in [0.1, 0.15) is 11.5 Å². The molecule has 4 rings (SSSR count). The monoisotopic (exact) mass is 513 g/mol. The molecular weight excluding hydrogens is 495 g/mol. The molecule has 0 unspecified atom stereocenters. The van der Waals surface area contributed by atoms with Gasteiger partial charge in [0.15, 0.2) is 0 Å². The lowest BCUT2D eigenvalue weighted by molar-refractivity contribution is -0.137. The molecule has 0 radical (unpaired) electrons. The number of nitrogens with zero attached hydrogens (tertiary/aromatic N) is 1. The van der Waals surface area contributed by atoms with Crippen molar-refractivity contribution >= 4 is 45.7 Å². The lowest BCUT2D eigenvalue weighted by atomic mass is 10.1. The number of para-hydroxylation sites is 1. The molecule has 0 spiro atoms. The molecule has 2 amide bonds. The van der Waals surface area contributed by atoms with E-state index in [4.69, 9.17) is 16.3 Å². The van der Waals surface area contributed by atoms with Crippen LogP contribution in [0.15, 0.2) is 66.9 Å². The molecule has 0 aliphatic carbocycles. The maximum Gasteiger partial charge on any atom is 0.417 e. The van der Waals surface area contributed by atoms with Crippen molar-refractivity contribution in [3.63, 3.8) is 0 Å². The highest BCUT2D eigenvalue weighted by atomic mass is 35.5. The van der Waals surface area contributed by atoms with E-state index in [1.807, 2.05) is 6.92 Å². The minimum Gasteiger partial charge on any atom is -0.456 e. The molecule has 0 aliphatic rings. The first-order chi connectivity index (χ1) is 17.0. The van der Waals surface area contributed by atoms with Gasteiger partial charge in [0, 0.05) is 35.8 Å². The van der Waals surface area contributed by atoms with Crippen molar-refractivity contribution in [3.8, 4) is 11.5 Å². The quantitative estimate of drug-likeness (QED) is 0.295. The van der Waals surface area contributed by atoms with Gasteiger partial charge in [-0.1, -0.05) is 23.7 Å². The van der Waals surface area contributed by atoms with Crippen LogP contribution < -0.4 is 15.4 Å². The van der Waals surface area contributed by atoms with E-state index >= 15 is 0 Å². The summed E-state index contributed by atoms with van der Waals surface area (Å²) in [6.07, 6.45) is -3.14. The Morgan fingerprint density at radius 2 is 1.75 bits per heavy atom. The number of benzene rings is 3. The number of aromatic nitrogens is 1. The minimum atomic E-state index is -4.69. The number of carbonyl (C=O) groups excluding carboxylic acids is 2. The van der Waals surface area contributed by atoms with Crippen molar-refractivity contribution in [2.45, 2.75) is 20.0 Å². The molecule has 184 valence electrons. The van der Waals surface area contributed by atoms with Crippen LogP contribution in [0.25, 0.3) is 10.9 Å². The van der Waals surface area contributed by atoms with E-state index in [-0.39, 0.29) is 11.5 Å². The summed E-state index contributed by atoms with van der Waals surface area (Å²) in [5.41, 5.74) is 0.858. The van der Waals surface area contributed by atoms with Crippen molar-refractivity contribution in [1.29, 1.82) is 0 Å². The number of hydrogen-bond donors (Lipinski definition) is 2. The van der Waals surface area contributed by atoms with Crippen LogP contribution >= 0.6 is 11.6 Å². The first kappa shape index (κ1) is 25.0. The van der Waals surface area contributed by atoms with Crippen LogP contribution in [0.1, 0.15) is 28.4 Å². The molecule has 3 aromatic carbocycles. The van der Waals surface area contributed by atoms with Gasteiger partial charge >= 0.3 is 6.18 Å². The normalized spacial score (nSPS) is 11.3. The molecule has 0 bridgehead atoms. The van der Waals surface area contributed by atoms with Gasteiger partial charge in [-0.25, -0.2) is 0 Å². The number of halogens is 4. The molecule has 0 saturated heterocycles. The van der Waals surface area contributed by atoms with E-state index in [1.54, 1.807) is 48.7 Å². The molecular formula is C26H19ClF3N3O3. The maximum atomic E-state index is 13.2. The number of carbonyl (C=O) groups is 2. The van der Waals surface area contributed by atoms with Crippen LogP contribution in [0.2, 0.25) is 5.02 Å². The zero-order valence-corrected chi connectivity index (χ0v) is 19.8. The van der Waals surface area contributed by atoms with E-state index in [1.165, 1.54) is 13.0 Å². The highest BCUT2D eigenvalue weighted by Crippen LogP contribution is 2.36. The number of aryl methyl sites for hydroxylation is 1. The maximum absolute atomic E-state index is 13.2. The number of fused-ring (bicyclic) bond motifs is 1. The zero-order chi connectivity index (χ0) is 26.0. The predicted molar refractivity (Wildman–Crippen MR) is 132 cm³/mol. The van der Waals surface area contributed by atoms with Gasteiger partial charge < -0.3 is 15.4 Å². The van der Waals surface area contributed by atoms with Crippen molar-refractivity contribution in [2.75, 3.05) is 10.6 Å². The Balaban J connectivity index is 1.62. The van der Waals surface area contributed by atoms with Crippen LogP contribution in [0.3, 0.4) is 0 Å². The number of hydrogen-bond acceptors (Lipinski definition) is 4. The van der Waals surface area contributed by atoms with Crippen molar-refractivity contribution in [3.05, 3.63) is 88.6 Å². The van der Waals surface area contributed by atoms with E-state index in [0.29, 0.717) is 39.8 Å². The van der Waals surface area contributed by atoms with Gasteiger partial charge in [-0.2, -0.15) is 13.2 Å². The lowest BCUT2D eigenvalue weighted by Crippen LogP contribution is -2.14. The Morgan fingerprint density at radius 3 is 2.47 bits per heavy atom. The Hall–Kier alpha value is -4.11. The second-order valence-electron chi connectivity index (χ2n) is 7.92. The summed E-state index contributed by atoms with van der Waals surface area (Å²) in [7, 11) is 0. The van der Waals surface area contributed by atoms with Crippen LogP contribution in [-0.2, 0) is 11.0 Å². The summed E-state index contributed by atoms with van der Waals surface area (Å²) in [5.74, 6) is -0.0946. The Kier molecular flexibility index (Phi) is 6.85. The van der Waals surface area contributed by atoms with E-state index in [9.17, 15) is 22.8 Å². The smallest absolute Gasteiger partial charge is 0.417 e. The molecule has 0 fully saturated rings. The first-order valence-corrected chi connectivity index (χ1v) is 11.0. The molecule has 0 atom stereocenters. The molecule has 6 nitrogen and oxygen atoms in total. The van der Waals surface area contributed by atoms with E-state index in [2.05, 4.69) is 15.6 Å². The average Bonchev–Trinajstić information content (AvgIpc) is 2.81. The number of amides is 2. The summed E-state index contributed by atoms with van der Waals surface area (Å²) in [5, 5.41) is 5.48. The van der Waals surface area contributed by atoms with Gasteiger partial charge in [-0.15, -0.1) is 0 Å². The van der Waals surface area contributed by atoms with E-state index < -0.39 is 22.7 Å². The topological polar surface area (TPSA) is 80.3 Å². The summed E-state index contributed by atoms with van der Waals surface area (Å²) >= 11 is 5.64.